The van der Waals surface area contributed by atoms with Crippen LogP contribution in [-0.4, -0.2) is 15.1 Å². The third-order valence-electron chi connectivity index (χ3n) is 2.70. The first-order valence-corrected chi connectivity index (χ1v) is 7.78. The van der Waals surface area contributed by atoms with Crippen LogP contribution in [-0.2, 0) is 11.8 Å². The molecule has 0 saturated carbocycles. The zero-order valence-electron chi connectivity index (χ0n) is 11.2. The SMILES string of the molecule is CC(C)(C)c1nc(C(O)Cc2ccc(Br)cn2)cs1. The van der Waals surface area contributed by atoms with Crippen LogP contribution in [0.4, 0.5) is 0 Å². The normalized spacial score (nSPS) is 13.5. The summed E-state index contributed by atoms with van der Waals surface area (Å²) in [5.74, 6) is 0. The first-order valence-electron chi connectivity index (χ1n) is 6.10. The summed E-state index contributed by atoms with van der Waals surface area (Å²) < 4.78 is 0.939. The predicted octanol–water partition coefficient (Wildman–Crippen LogP) is 3.87. The van der Waals surface area contributed by atoms with Crippen molar-refractivity contribution in [2.75, 3.05) is 0 Å². The lowest BCUT2D eigenvalue weighted by molar-refractivity contribution is 0.172. The van der Waals surface area contributed by atoms with Gasteiger partial charge in [0.2, 0.25) is 0 Å². The van der Waals surface area contributed by atoms with Crippen molar-refractivity contribution in [3.05, 3.63) is 44.6 Å². The number of aromatic nitrogens is 2. The van der Waals surface area contributed by atoms with E-state index in [1.165, 1.54) is 0 Å². The van der Waals surface area contributed by atoms with Crippen LogP contribution < -0.4 is 0 Å². The molecule has 1 atom stereocenters. The highest BCUT2D eigenvalue weighted by Crippen LogP contribution is 2.28. The van der Waals surface area contributed by atoms with Gasteiger partial charge >= 0.3 is 0 Å². The Morgan fingerprint density at radius 3 is 2.63 bits per heavy atom. The van der Waals surface area contributed by atoms with Crippen LogP contribution in [0.1, 0.15) is 43.3 Å². The van der Waals surface area contributed by atoms with Crippen molar-refractivity contribution in [2.24, 2.45) is 0 Å². The number of hydrogen-bond acceptors (Lipinski definition) is 4. The molecule has 0 aliphatic rings. The molecule has 19 heavy (non-hydrogen) atoms. The molecule has 5 heteroatoms. The summed E-state index contributed by atoms with van der Waals surface area (Å²) in [6.07, 6.45) is 1.63. The van der Waals surface area contributed by atoms with Crippen LogP contribution in [0.2, 0.25) is 0 Å². The van der Waals surface area contributed by atoms with E-state index < -0.39 is 6.10 Å². The molecule has 0 spiro atoms. The minimum absolute atomic E-state index is 0.0263. The molecule has 2 rings (SSSR count). The molecule has 102 valence electrons. The van der Waals surface area contributed by atoms with Gasteiger partial charge in [0.05, 0.1) is 10.7 Å². The fraction of sp³-hybridized carbons (Fsp3) is 0.429. The van der Waals surface area contributed by atoms with Gasteiger partial charge in [-0.05, 0) is 28.1 Å². The molecule has 2 heterocycles. The standard InChI is InChI=1S/C14H17BrN2OS/c1-14(2,3)13-17-11(8-19-13)12(18)6-10-5-4-9(15)7-16-10/h4-5,7-8,12,18H,6H2,1-3H3. The molecule has 0 aromatic carbocycles. The Balaban J connectivity index is 2.09. The summed E-state index contributed by atoms with van der Waals surface area (Å²) in [6, 6.07) is 3.83. The van der Waals surface area contributed by atoms with Gasteiger partial charge in [0.15, 0.2) is 0 Å². The van der Waals surface area contributed by atoms with E-state index >= 15 is 0 Å². The van der Waals surface area contributed by atoms with Gasteiger partial charge in [0.1, 0.15) is 6.10 Å². The molecule has 1 unspecified atom stereocenters. The van der Waals surface area contributed by atoms with Gasteiger partial charge < -0.3 is 5.11 Å². The molecular formula is C14H17BrN2OS. The van der Waals surface area contributed by atoms with Crippen LogP contribution in [0.5, 0.6) is 0 Å². The number of aliphatic hydroxyl groups excluding tert-OH is 1. The van der Waals surface area contributed by atoms with Crippen molar-refractivity contribution in [3.8, 4) is 0 Å². The number of hydrogen-bond donors (Lipinski definition) is 1. The van der Waals surface area contributed by atoms with Crippen molar-refractivity contribution in [2.45, 2.75) is 38.7 Å². The molecule has 0 radical (unpaired) electrons. The molecule has 0 saturated heterocycles. The number of thiazole rings is 1. The highest BCUT2D eigenvalue weighted by Gasteiger charge is 2.20. The third kappa shape index (κ3) is 3.84. The average molecular weight is 341 g/mol. The summed E-state index contributed by atoms with van der Waals surface area (Å²) in [7, 11) is 0. The molecule has 0 bridgehead atoms. The van der Waals surface area contributed by atoms with Crippen LogP contribution in [0, 0.1) is 0 Å². The average Bonchev–Trinajstić information content (AvgIpc) is 2.81. The Morgan fingerprint density at radius 2 is 2.11 bits per heavy atom. The first kappa shape index (κ1) is 14.6. The highest BCUT2D eigenvalue weighted by molar-refractivity contribution is 9.10. The molecule has 0 amide bonds. The monoisotopic (exact) mass is 340 g/mol. The number of aliphatic hydroxyl groups is 1. The lowest BCUT2D eigenvalue weighted by Gasteiger charge is -2.14. The largest absolute Gasteiger partial charge is 0.386 e. The number of nitrogens with zero attached hydrogens (tertiary/aromatic N) is 2. The van der Waals surface area contributed by atoms with Crippen LogP contribution in [0.25, 0.3) is 0 Å². The maximum Gasteiger partial charge on any atom is 0.102 e. The fourth-order valence-electron chi connectivity index (χ4n) is 1.61. The van der Waals surface area contributed by atoms with Crippen molar-refractivity contribution >= 4 is 27.3 Å². The Morgan fingerprint density at radius 1 is 1.37 bits per heavy atom. The summed E-state index contributed by atoms with van der Waals surface area (Å²) in [4.78, 5) is 8.79. The Hall–Kier alpha value is -0.780. The summed E-state index contributed by atoms with van der Waals surface area (Å²) in [5, 5.41) is 13.2. The topological polar surface area (TPSA) is 46.0 Å². The van der Waals surface area contributed by atoms with Crippen molar-refractivity contribution < 1.29 is 5.11 Å². The molecule has 2 aromatic rings. The fourth-order valence-corrected chi connectivity index (χ4v) is 2.80. The lowest BCUT2D eigenvalue weighted by Crippen LogP contribution is -2.11. The van der Waals surface area contributed by atoms with Gasteiger partial charge in [-0.3, -0.25) is 4.98 Å². The van der Waals surface area contributed by atoms with E-state index in [0.29, 0.717) is 6.42 Å². The van der Waals surface area contributed by atoms with E-state index in [1.54, 1.807) is 17.5 Å². The molecule has 2 aromatic heterocycles. The van der Waals surface area contributed by atoms with E-state index in [9.17, 15) is 5.11 Å². The third-order valence-corrected chi connectivity index (χ3v) is 4.45. The van der Waals surface area contributed by atoms with Gasteiger partial charge in [0, 0.05) is 33.6 Å². The van der Waals surface area contributed by atoms with Crippen LogP contribution in [0.3, 0.4) is 0 Å². The summed E-state index contributed by atoms with van der Waals surface area (Å²) in [6.45, 7) is 6.37. The minimum atomic E-state index is -0.596. The Labute approximate surface area is 125 Å². The van der Waals surface area contributed by atoms with Gasteiger partial charge in [0.25, 0.3) is 0 Å². The minimum Gasteiger partial charge on any atom is -0.386 e. The lowest BCUT2D eigenvalue weighted by atomic mass is 9.98. The highest BCUT2D eigenvalue weighted by atomic mass is 79.9. The molecule has 0 fully saturated rings. The van der Waals surface area contributed by atoms with Gasteiger partial charge in [-0.15, -0.1) is 11.3 Å². The molecular weight excluding hydrogens is 324 g/mol. The second-order valence-electron chi connectivity index (χ2n) is 5.52. The van der Waals surface area contributed by atoms with Crippen molar-refractivity contribution in [1.29, 1.82) is 0 Å². The zero-order valence-corrected chi connectivity index (χ0v) is 13.6. The van der Waals surface area contributed by atoms with E-state index in [2.05, 4.69) is 46.7 Å². The smallest absolute Gasteiger partial charge is 0.102 e. The summed E-state index contributed by atoms with van der Waals surface area (Å²) >= 11 is 4.94. The van der Waals surface area contributed by atoms with E-state index in [4.69, 9.17) is 0 Å². The number of rotatable bonds is 3. The molecule has 0 aliphatic carbocycles. The second kappa shape index (κ2) is 5.69. The maximum atomic E-state index is 10.2. The zero-order chi connectivity index (χ0) is 14.0. The maximum absolute atomic E-state index is 10.2. The van der Waals surface area contributed by atoms with Crippen molar-refractivity contribution in [3.63, 3.8) is 0 Å². The van der Waals surface area contributed by atoms with Crippen LogP contribution >= 0.6 is 27.3 Å². The number of pyridine rings is 1. The Kier molecular flexibility index (Phi) is 4.38. The van der Waals surface area contributed by atoms with Crippen LogP contribution in [0.15, 0.2) is 28.2 Å². The first-order chi connectivity index (χ1) is 8.86. The van der Waals surface area contributed by atoms with E-state index in [0.717, 1.165) is 20.9 Å². The van der Waals surface area contributed by atoms with Gasteiger partial charge in [-0.25, -0.2) is 4.98 Å². The molecule has 3 nitrogen and oxygen atoms in total. The van der Waals surface area contributed by atoms with Crippen molar-refractivity contribution in [1.82, 2.24) is 9.97 Å². The second-order valence-corrected chi connectivity index (χ2v) is 7.29. The quantitative estimate of drug-likeness (QED) is 0.922. The summed E-state index contributed by atoms with van der Waals surface area (Å²) in [5.41, 5.74) is 1.62. The predicted molar refractivity (Wildman–Crippen MR) is 81.4 cm³/mol. The van der Waals surface area contributed by atoms with E-state index in [-0.39, 0.29) is 5.41 Å². The molecule has 1 N–H and O–H groups in total. The Bertz CT molecular complexity index is 545. The van der Waals surface area contributed by atoms with Gasteiger partial charge in [-0.2, -0.15) is 0 Å². The van der Waals surface area contributed by atoms with E-state index in [1.807, 2.05) is 17.5 Å². The van der Waals surface area contributed by atoms with Gasteiger partial charge in [-0.1, -0.05) is 20.8 Å². The molecule has 0 aliphatic heterocycles. The number of halogens is 1.